The molecule has 1 fully saturated rings. The smallest absolute Gasteiger partial charge is 0.326 e. The molecule has 4 amide bonds. The van der Waals surface area contributed by atoms with Crippen molar-refractivity contribution in [1.29, 1.82) is 0 Å². The molecule has 0 bridgehead atoms. The zero-order valence-electron chi connectivity index (χ0n) is 13.9. The molecular formula is C15H25N3O5. The third-order valence-electron chi connectivity index (χ3n) is 3.96. The molecule has 0 saturated carbocycles. The number of nitrogens with one attached hydrogen (secondary N) is 2. The van der Waals surface area contributed by atoms with Crippen LogP contribution in [0, 0.1) is 0 Å². The maximum atomic E-state index is 12.3. The van der Waals surface area contributed by atoms with Gasteiger partial charge in [0.15, 0.2) is 6.61 Å². The second kappa shape index (κ2) is 8.50. The predicted octanol–water partition coefficient (Wildman–Crippen LogP) is 0.557. The first-order valence-electron chi connectivity index (χ1n) is 7.96. The number of imide groups is 1. The molecule has 1 aliphatic heterocycles. The van der Waals surface area contributed by atoms with Crippen LogP contribution in [0.3, 0.4) is 0 Å². The molecule has 1 heterocycles. The van der Waals surface area contributed by atoms with E-state index in [0.717, 1.165) is 17.7 Å². The second-order valence-corrected chi connectivity index (χ2v) is 5.47. The van der Waals surface area contributed by atoms with Crippen LogP contribution in [0.25, 0.3) is 0 Å². The number of amides is 4. The molecule has 130 valence electrons. The Morgan fingerprint density at radius 1 is 1.22 bits per heavy atom. The van der Waals surface area contributed by atoms with Crippen molar-refractivity contribution < 1.29 is 23.9 Å². The van der Waals surface area contributed by atoms with Gasteiger partial charge < -0.3 is 15.4 Å². The van der Waals surface area contributed by atoms with Crippen LogP contribution in [0.15, 0.2) is 0 Å². The average Bonchev–Trinajstić information content (AvgIpc) is 2.78. The van der Waals surface area contributed by atoms with E-state index in [9.17, 15) is 19.2 Å². The van der Waals surface area contributed by atoms with E-state index in [1.807, 2.05) is 6.92 Å². The summed E-state index contributed by atoms with van der Waals surface area (Å²) in [6, 6.07) is -0.608. The molecule has 0 spiro atoms. The summed E-state index contributed by atoms with van der Waals surface area (Å²) in [7, 11) is 0. The number of hydrogen-bond acceptors (Lipinski definition) is 5. The van der Waals surface area contributed by atoms with Gasteiger partial charge in [-0.15, -0.1) is 0 Å². The summed E-state index contributed by atoms with van der Waals surface area (Å²) < 4.78 is 4.80. The van der Waals surface area contributed by atoms with E-state index in [1.165, 1.54) is 0 Å². The number of ether oxygens (including phenoxy) is 1. The molecule has 8 nitrogen and oxygen atoms in total. The predicted molar refractivity (Wildman–Crippen MR) is 82.4 cm³/mol. The molecule has 0 aromatic rings. The molecule has 0 aromatic heterocycles. The number of carbonyl (C=O) groups is 4. The minimum atomic E-state index is -0.950. The highest BCUT2D eigenvalue weighted by Crippen LogP contribution is 2.24. The monoisotopic (exact) mass is 327 g/mol. The van der Waals surface area contributed by atoms with E-state index in [-0.39, 0.29) is 0 Å². The van der Waals surface area contributed by atoms with Crippen LogP contribution < -0.4 is 10.6 Å². The summed E-state index contributed by atoms with van der Waals surface area (Å²) in [5.41, 5.74) is -0.950. The van der Waals surface area contributed by atoms with Crippen molar-refractivity contribution >= 4 is 23.8 Å². The molecule has 0 atom stereocenters. The highest BCUT2D eigenvalue weighted by Gasteiger charge is 2.49. The summed E-state index contributed by atoms with van der Waals surface area (Å²) in [6.45, 7) is 5.20. The number of hydrogen-bond donors (Lipinski definition) is 2. The molecule has 0 radical (unpaired) electrons. The van der Waals surface area contributed by atoms with E-state index in [0.29, 0.717) is 19.4 Å². The van der Waals surface area contributed by atoms with Crippen LogP contribution in [-0.2, 0) is 19.1 Å². The highest BCUT2D eigenvalue weighted by molar-refractivity contribution is 6.08. The third kappa shape index (κ3) is 4.67. The molecule has 0 aliphatic carbocycles. The van der Waals surface area contributed by atoms with Crippen LogP contribution in [-0.4, -0.2) is 54.0 Å². The van der Waals surface area contributed by atoms with E-state index in [4.69, 9.17) is 4.74 Å². The van der Waals surface area contributed by atoms with Crippen molar-refractivity contribution in [2.24, 2.45) is 0 Å². The zero-order chi connectivity index (χ0) is 17.5. The first-order chi connectivity index (χ1) is 10.9. The Morgan fingerprint density at radius 2 is 1.87 bits per heavy atom. The van der Waals surface area contributed by atoms with E-state index in [2.05, 4.69) is 10.6 Å². The summed E-state index contributed by atoms with van der Waals surface area (Å²) in [5.74, 6) is -1.63. The normalized spacial score (nSPS) is 16.2. The number of urea groups is 1. The van der Waals surface area contributed by atoms with E-state index < -0.39 is 42.5 Å². The van der Waals surface area contributed by atoms with Crippen molar-refractivity contribution in [3.8, 4) is 0 Å². The van der Waals surface area contributed by atoms with Gasteiger partial charge in [0.05, 0.1) is 0 Å². The van der Waals surface area contributed by atoms with Crippen molar-refractivity contribution in [1.82, 2.24) is 15.5 Å². The first kappa shape index (κ1) is 18.9. The second-order valence-electron chi connectivity index (χ2n) is 5.47. The van der Waals surface area contributed by atoms with Crippen LogP contribution in [0.5, 0.6) is 0 Å². The van der Waals surface area contributed by atoms with E-state index >= 15 is 0 Å². The summed E-state index contributed by atoms with van der Waals surface area (Å²) in [4.78, 5) is 48.2. The molecule has 2 N–H and O–H groups in total. The van der Waals surface area contributed by atoms with Gasteiger partial charge in [0.2, 0.25) is 0 Å². The Bertz CT molecular complexity index is 474. The van der Waals surface area contributed by atoms with Crippen LogP contribution >= 0.6 is 0 Å². The largest absolute Gasteiger partial charge is 0.454 e. The van der Waals surface area contributed by atoms with Gasteiger partial charge in [-0.2, -0.15) is 0 Å². The lowest BCUT2D eigenvalue weighted by molar-refractivity contribution is -0.151. The number of carbonyl (C=O) groups excluding carboxylic acids is 4. The number of esters is 1. The number of rotatable bonds is 9. The minimum absolute atomic E-state index is 0.402. The third-order valence-corrected chi connectivity index (χ3v) is 3.96. The van der Waals surface area contributed by atoms with Crippen LogP contribution in [0.4, 0.5) is 4.79 Å². The van der Waals surface area contributed by atoms with Gasteiger partial charge in [-0.1, -0.05) is 27.2 Å². The number of nitrogens with zero attached hydrogens (tertiary/aromatic N) is 1. The molecule has 0 unspecified atom stereocenters. The maximum Gasteiger partial charge on any atom is 0.326 e. The van der Waals surface area contributed by atoms with Crippen molar-refractivity contribution in [3.05, 3.63) is 0 Å². The number of unbranched alkanes of at least 4 members (excludes halogenated alkanes) is 1. The lowest BCUT2D eigenvalue weighted by atomic mass is 9.93. The first-order valence-corrected chi connectivity index (χ1v) is 7.96. The Morgan fingerprint density at radius 3 is 2.39 bits per heavy atom. The summed E-state index contributed by atoms with van der Waals surface area (Å²) in [6.07, 6.45) is 2.68. The SMILES string of the molecule is CCCCNC(=O)COC(=O)CN1C(=O)NC(CC)(CC)C1=O. The fraction of sp³-hybridized carbons (Fsp3) is 0.733. The molecular weight excluding hydrogens is 302 g/mol. The van der Waals surface area contributed by atoms with Gasteiger partial charge >= 0.3 is 12.0 Å². The molecule has 1 rings (SSSR count). The van der Waals surface area contributed by atoms with Gasteiger partial charge in [0, 0.05) is 6.54 Å². The fourth-order valence-electron chi connectivity index (χ4n) is 2.33. The lowest BCUT2D eigenvalue weighted by Crippen LogP contribution is -2.46. The topological polar surface area (TPSA) is 105 Å². The minimum Gasteiger partial charge on any atom is -0.454 e. The maximum absolute atomic E-state index is 12.3. The lowest BCUT2D eigenvalue weighted by Gasteiger charge is -2.22. The van der Waals surface area contributed by atoms with Gasteiger partial charge in [0.1, 0.15) is 12.1 Å². The fourth-order valence-corrected chi connectivity index (χ4v) is 2.33. The van der Waals surface area contributed by atoms with Gasteiger partial charge in [0.25, 0.3) is 11.8 Å². The highest BCUT2D eigenvalue weighted by atomic mass is 16.5. The standard InChI is InChI=1S/C15H25N3O5/c1-4-7-8-16-11(19)10-23-12(20)9-18-13(21)15(5-2,6-3)17-14(18)22/h4-10H2,1-3H3,(H,16,19)(H,17,22). The molecule has 0 aromatic carbocycles. The molecule has 1 saturated heterocycles. The van der Waals surface area contributed by atoms with Crippen molar-refractivity contribution in [2.45, 2.75) is 52.0 Å². The summed E-state index contributed by atoms with van der Waals surface area (Å²) >= 11 is 0. The van der Waals surface area contributed by atoms with Gasteiger partial charge in [-0.25, -0.2) is 4.79 Å². The van der Waals surface area contributed by atoms with Crippen molar-refractivity contribution in [2.75, 3.05) is 19.7 Å². The molecule has 1 aliphatic rings. The van der Waals surface area contributed by atoms with Crippen LogP contribution in [0.1, 0.15) is 46.5 Å². The Kier molecular flexibility index (Phi) is 6.99. The molecule has 23 heavy (non-hydrogen) atoms. The Balaban J connectivity index is 2.47. The Labute approximate surface area is 135 Å². The van der Waals surface area contributed by atoms with Gasteiger partial charge in [-0.3, -0.25) is 19.3 Å². The van der Waals surface area contributed by atoms with E-state index in [1.54, 1.807) is 13.8 Å². The average molecular weight is 327 g/mol. The zero-order valence-corrected chi connectivity index (χ0v) is 13.9. The quantitative estimate of drug-likeness (QED) is 0.366. The Hall–Kier alpha value is -2.12. The van der Waals surface area contributed by atoms with Crippen molar-refractivity contribution in [3.63, 3.8) is 0 Å². The van der Waals surface area contributed by atoms with Crippen LogP contribution in [0.2, 0.25) is 0 Å². The molecule has 8 heteroatoms. The summed E-state index contributed by atoms with van der Waals surface area (Å²) in [5, 5.41) is 5.23. The van der Waals surface area contributed by atoms with Gasteiger partial charge in [-0.05, 0) is 19.3 Å².